The van der Waals surface area contributed by atoms with Crippen molar-refractivity contribution in [2.24, 2.45) is 22.2 Å². The maximum Gasteiger partial charge on any atom is 0.305 e. The maximum absolute atomic E-state index is 13.6. The summed E-state index contributed by atoms with van der Waals surface area (Å²) in [5.41, 5.74) is -0.753. The molecule has 0 N–H and O–H groups in total. The molecule has 2 fully saturated rings. The normalized spacial score (nSPS) is 21.4. The highest BCUT2D eigenvalue weighted by molar-refractivity contribution is 5.70. The van der Waals surface area contributed by atoms with Crippen molar-refractivity contribution >= 4 is 17.9 Å². The highest BCUT2D eigenvalue weighted by Crippen LogP contribution is 2.60. The summed E-state index contributed by atoms with van der Waals surface area (Å²) in [5, 5.41) is 0. The number of allylic oxidation sites excluding steroid dienone is 2. The first-order valence-electron chi connectivity index (χ1n) is 30.0. The summed E-state index contributed by atoms with van der Waals surface area (Å²) in [6, 6.07) is 0. The van der Waals surface area contributed by atoms with Gasteiger partial charge in [0.1, 0.15) is 0 Å². The standard InChI is InChI=1S/C59H109NO8.C2H6/c1-8-13-16-19-21-22-23-24-25-26-27-28-29-30-33-37-53(61)66-49-57(6)44-52-45-58(7,50-67-54(62)38-36-41-60(11-4)12-5)48-59(46-52,47-57)51-68-55(63)39-40-56(64-42-34-31-18-15-10-3)65-43-35-32-20-17-14-9-2;1-2/h24-25,52,56H,8-23,26-51H2,1-7H3;1-2H3/b25-24-;. The maximum atomic E-state index is 13.6. The van der Waals surface area contributed by atoms with Crippen LogP contribution in [0.2, 0.25) is 0 Å². The highest BCUT2D eigenvalue weighted by Gasteiger charge is 2.55. The molecule has 2 aliphatic carbocycles. The van der Waals surface area contributed by atoms with Crippen LogP contribution in [0.3, 0.4) is 0 Å². The predicted molar refractivity (Wildman–Crippen MR) is 293 cm³/mol. The molecule has 0 spiro atoms. The lowest BCUT2D eigenvalue weighted by atomic mass is 9.49. The first kappa shape index (κ1) is 66.0. The van der Waals surface area contributed by atoms with E-state index in [2.05, 4.69) is 65.5 Å². The smallest absolute Gasteiger partial charge is 0.305 e. The average Bonchev–Trinajstić information content (AvgIpc) is 3.34. The van der Waals surface area contributed by atoms with E-state index in [9.17, 15) is 14.4 Å². The first-order valence-corrected chi connectivity index (χ1v) is 30.0. The molecule has 9 heteroatoms. The molecule has 70 heavy (non-hydrogen) atoms. The third kappa shape index (κ3) is 33.0. The van der Waals surface area contributed by atoms with Gasteiger partial charge in [0, 0.05) is 48.7 Å². The molecule has 2 saturated carbocycles. The van der Waals surface area contributed by atoms with E-state index in [4.69, 9.17) is 23.7 Å². The minimum Gasteiger partial charge on any atom is -0.465 e. The van der Waals surface area contributed by atoms with Gasteiger partial charge >= 0.3 is 17.9 Å². The van der Waals surface area contributed by atoms with Gasteiger partial charge in [-0.2, -0.15) is 0 Å². The van der Waals surface area contributed by atoms with Crippen LogP contribution in [0.1, 0.15) is 281 Å². The zero-order chi connectivity index (χ0) is 51.6. The van der Waals surface area contributed by atoms with E-state index in [0.29, 0.717) is 58.2 Å². The number of rotatable bonds is 45. The summed E-state index contributed by atoms with van der Waals surface area (Å²) in [6.45, 7) is 24.8. The zero-order valence-corrected chi connectivity index (χ0v) is 47.7. The van der Waals surface area contributed by atoms with Crippen molar-refractivity contribution in [3.05, 3.63) is 12.2 Å². The number of carbonyl (C=O) groups excluding carboxylic acids is 3. The van der Waals surface area contributed by atoms with Gasteiger partial charge in [0.2, 0.25) is 0 Å². The Hall–Kier alpha value is -1.97. The van der Waals surface area contributed by atoms with Crippen LogP contribution >= 0.6 is 0 Å². The van der Waals surface area contributed by atoms with Crippen molar-refractivity contribution < 1.29 is 38.1 Å². The summed E-state index contributed by atoms with van der Waals surface area (Å²) in [7, 11) is 0. The van der Waals surface area contributed by atoms with Gasteiger partial charge in [-0.05, 0) is 109 Å². The van der Waals surface area contributed by atoms with Gasteiger partial charge in [-0.1, -0.05) is 184 Å². The fourth-order valence-electron chi connectivity index (χ4n) is 11.5. The van der Waals surface area contributed by atoms with Gasteiger partial charge in [-0.15, -0.1) is 0 Å². The number of esters is 3. The summed E-state index contributed by atoms with van der Waals surface area (Å²) >= 11 is 0. The molecule has 9 nitrogen and oxygen atoms in total. The van der Waals surface area contributed by atoms with Crippen LogP contribution in [0.15, 0.2) is 12.2 Å². The second-order valence-corrected chi connectivity index (χ2v) is 22.3. The molecule has 5 unspecified atom stereocenters. The molecule has 2 bridgehead atoms. The Morgan fingerprint density at radius 3 is 1.37 bits per heavy atom. The lowest BCUT2D eigenvalue weighted by molar-refractivity contribution is -0.172. The van der Waals surface area contributed by atoms with Crippen molar-refractivity contribution in [2.45, 2.75) is 287 Å². The molecule has 0 aliphatic heterocycles. The van der Waals surface area contributed by atoms with Gasteiger partial charge in [0.25, 0.3) is 0 Å². The monoisotopic (exact) mass is 990 g/mol. The van der Waals surface area contributed by atoms with Crippen molar-refractivity contribution in [3.63, 3.8) is 0 Å². The summed E-state index contributed by atoms with van der Waals surface area (Å²) < 4.78 is 30.8. The van der Waals surface area contributed by atoms with Gasteiger partial charge < -0.3 is 28.6 Å². The lowest BCUT2D eigenvalue weighted by Gasteiger charge is -2.57. The molecular formula is C61H115NO8. The minimum atomic E-state index is -0.411. The van der Waals surface area contributed by atoms with E-state index in [-0.39, 0.29) is 40.6 Å². The summed E-state index contributed by atoms with van der Waals surface area (Å²) in [4.78, 5) is 42.1. The molecule has 0 saturated heterocycles. The summed E-state index contributed by atoms with van der Waals surface area (Å²) in [6.07, 6.45) is 40.1. The summed E-state index contributed by atoms with van der Waals surface area (Å²) in [5.74, 6) is -0.105. The third-order valence-corrected chi connectivity index (χ3v) is 14.9. The molecule has 2 rings (SSSR count). The lowest BCUT2D eigenvalue weighted by Crippen LogP contribution is -2.52. The Bertz CT molecular complexity index is 1300. The Morgan fingerprint density at radius 2 is 0.900 bits per heavy atom. The van der Waals surface area contributed by atoms with Crippen molar-refractivity contribution in [2.75, 3.05) is 52.7 Å². The van der Waals surface area contributed by atoms with Crippen LogP contribution in [0, 0.1) is 22.2 Å². The Morgan fingerprint density at radius 1 is 0.500 bits per heavy atom. The van der Waals surface area contributed by atoms with Crippen LogP contribution in [0.4, 0.5) is 0 Å². The molecule has 0 aromatic carbocycles. The molecule has 0 amide bonds. The average molecular weight is 991 g/mol. The Kier molecular flexibility index (Phi) is 40.0. The zero-order valence-electron chi connectivity index (χ0n) is 47.7. The second kappa shape index (κ2) is 42.4. The predicted octanol–water partition coefficient (Wildman–Crippen LogP) is 16.9. The van der Waals surface area contributed by atoms with Gasteiger partial charge in [0.15, 0.2) is 6.29 Å². The molecular weight excluding hydrogens is 875 g/mol. The van der Waals surface area contributed by atoms with Crippen molar-refractivity contribution in [1.29, 1.82) is 0 Å². The van der Waals surface area contributed by atoms with Gasteiger partial charge in [0.05, 0.1) is 26.2 Å². The van der Waals surface area contributed by atoms with E-state index < -0.39 is 6.29 Å². The van der Waals surface area contributed by atoms with Crippen LogP contribution in [-0.2, 0) is 38.1 Å². The number of fused-ring (bicyclic) bond motifs is 2. The first-order chi connectivity index (χ1) is 33.9. The quantitative estimate of drug-likeness (QED) is 0.0194. The van der Waals surface area contributed by atoms with Crippen LogP contribution in [0.25, 0.3) is 0 Å². The fraction of sp³-hybridized carbons (Fsp3) is 0.918. The molecule has 0 heterocycles. The van der Waals surface area contributed by atoms with Gasteiger partial charge in [-0.25, -0.2) is 0 Å². The van der Waals surface area contributed by atoms with Crippen LogP contribution in [0.5, 0.6) is 0 Å². The molecule has 0 aromatic heterocycles. The van der Waals surface area contributed by atoms with E-state index in [1.165, 1.54) is 103 Å². The number of hydrogen-bond acceptors (Lipinski definition) is 9. The SMILES string of the molecule is CC.CCCCCCCC/C=C\CCCCCCCC(=O)OCC1(C)CC2CC(C)(COC(=O)CCCN(CC)CC)CC(COC(=O)CCC(OCCCCCCC)OCCCCCCCC)(C2)C1. The number of carbonyl (C=O) groups is 3. The number of nitrogens with zero attached hydrogens (tertiary/aromatic N) is 1. The van der Waals surface area contributed by atoms with E-state index >= 15 is 0 Å². The van der Waals surface area contributed by atoms with Crippen molar-refractivity contribution in [1.82, 2.24) is 4.90 Å². The van der Waals surface area contributed by atoms with E-state index in [0.717, 1.165) is 110 Å². The number of unbranched alkanes of at least 4 members (excludes halogenated alkanes) is 20. The van der Waals surface area contributed by atoms with Crippen LogP contribution in [-0.4, -0.2) is 81.8 Å². The fourth-order valence-corrected chi connectivity index (χ4v) is 11.5. The number of hydrogen-bond donors (Lipinski definition) is 0. The van der Waals surface area contributed by atoms with E-state index in [1.54, 1.807) is 0 Å². The molecule has 5 atom stereocenters. The number of ether oxygens (including phenoxy) is 5. The Balaban J connectivity index is 0.0000121. The van der Waals surface area contributed by atoms with Gasteiger partial charge in [-0.3, -0.25) is 14.4 Å². The minimum absolute atomic E-state index is 0.103. The largest absolute Gasteiger partial charge is 0.465 e. The Labute approximate surface area is 433 Å². The third-order valence-electron chi connectivity index (χ3n) is 14.9. The molecule has 412 valence electrons. The van der Waals surface area contributed by atoms with Crippen LogP contribution < -0.4 is 0 Å². The molecule has 0 radical (unpaired) electrons. The van der Waals surface area contributed by atoms with Crippen molar-refractivity contribution in [3.8, 4) is 0 Å². The second-order valence-electron chi connectivity index (χ2n) is 22.3. The molecule has 0 aromatic rings. The molecule has 2 aliphatic rings. The van der Waals surface area contributed by atoms with E-state index in [1.807, 2.05) is 13.8 Å². The highest BCUT2D eigenvalue weighted by atomic mass is 16.7. The topological polar surface area (TPSA) is 101 Å².